The Labute approximate surface area is 252 Å². The maximum atomic E-state index is 14.2. The van der Waals surface area contributed by atoms with Crippen LogP contribution in [-0.2, 0) is 16.4 Å². The van der Waals surface area contributed by atoms with Crippen molar-refractivity contribution in [2.24, 2.45) is 5.92 Å². The van der Waals surface area contributed by atoms with Crippen LogP contribution in [0.15, 0.2) is 47.4 Å². The molecule has 216 valence electrons. The summed E-state index contributed by atoms with van der Waals surface area (Å²) in [7, 11) is 16.9. The lowest BCUT2D eigenvalue weighted by molar-refractivity contribution is 0.0851. The quantitative estimate of drug-likeness (QED) is 0.222. The summed E-state index contributed by atoms with van der Waals surface area (Å²) in [6, 6.07) is 11.8. The lowest BCUT2D eigenvalue weighted by atomic mass is 9.52. The maximum Gasteiger partial charge on any atom is 0.276 e. The number of fused-ring (bicyclic) bond motifs is 1. The molecule has 0 saturated carbocycles. The first-order valence-corrected chi connectivity index (χ1v) is 15.8. The molecule has 1 aliphatic heterocycles. The first kappa shape index (κ1) is 32.3. The van der Waals surface area contributed by atoms with Gasteiger partial charge in [-0.15, -0.1) is 0 Å². The van der Waals surface area contributed by atoms with Crippen molar-refractivity contribution in [2.75, 3.05) is 43.6 Å². The Kier molecular flexibility index (Phi) is 9.61. The molecule has 42 heavy (non-hydrogen) atoms. The van der Waals surface area contributed by atoms with Crippen LogP contribution in [0.3, 0.4) is 0 Å². The minimum atomic E-state index is -3.54. The van der Waals surface area contributed by atoms with Gasteiger partial charge in [-0.25, -0.2) is 17.2 Å². The van der Waals surface area contributed by atoms with E-state index >= 15 is 0 Å². The summed E-state index contributed by atoms with van der Waals surface area (Å²) in [4.78, 5) is 2.29. The van der Waals surface area contributed by atoms with E-state index in [0.717, 1.165) is 36.8 Å². The van der Waals surface area contributed by atoms with Crippen molar-refractivity contribution in [3.8, 4) is 17.6 Å². The van der Waals surface area contributed by atoms with E-state index in [1.807, 2.05) is 24.3 Å². The Bertz CT molecular complexity index is 1610. The monoisotopic (exact) mass is 606 g/mol. The molecule has 1 aliphatic rings. The molecule has 3 atom stereocenters. The topological polar surface area (TPSA) is 75.6 Å². The predicted molar refractivity (Wildman–Crippen MR) is 171 cm³/mol. The highest BCUT2D eigenvalue weighted by atomic mass is 32.2. The molecular weight excluding hydrogens is 574 g/mol. The zero-order valence-electron chi connectivity index (χ0n) is 23.8. The summed E-state index contributed by atoms with van der Waals surface area (Å²) in [5, 5.41) is 5.42. The third-order valence-corrected chi connectivity index (χ3v) is 8.31. The number of nitrogens with zero attached hydrogens (tertiary/aromatic N) is 2. The van der Waals surface area contributed by atoms with Crippen LogP contribution in [0.4, 0.5) is 20.2 Å². The van der Waals surface area contributed by atoms with E-state index in [9.17, 15) is 17.2 Å². The summed E-state index contributed by atoms with van der Waals surface area (Å²) in [5.74, 6) is 6.40. The standard InChI is InChI=1S/C28H32B3F2N4O3PS/c1-18-16-36(2)13-11-22(18)35-23-7-4-8-25-21(23)14-19(37(25)17-27(32,33)41)6-5-12-34-24-10-9-20(42(3,38)39)15-26(24)40-28(29,30)31/h4,7-10,14-15,18,22,34-35H,11-13,16-17,41H2,1-3H3/t18-,22+/m0/s1. The molecule has 6 radical (unpaired) electrons. The number of likely N-dealkylation sites (tertiary alicyclic amines) is 1. The second-order valence-electron chi connectivity index (χ2n) is 10.9. The Morgan fingerprint density at radius 1 is 1.17 bits per heavy atom. The van der Waals surface area contributed by atoms with Gasteiger partial charge in [0.05, 0.1) is 34.9 Å². The fourth-order valence-corrected chi connectivity index (χ4v) is 5.91. The fourth-order valence-electron chi connectivity index (χ4n) is 5.09. The van der Waals surface area contributed by atoms with Gasteiger partial charge in [0.25, 0.3) is 5.66 Å². The van der Waals surface area contributed by atoms with Crippen molar-refractivity contribution < 1.29 is 21.9 Å². The van der Waals surface area contributed by atoms with Gasteiger partial charge in [0.2, 0.25) is 0 Å². The number of alkyl halides is 2. The average molecular weight is 606 g/mol. The molecule has 1 aromatic heterocycles. The first-order valence-electron chi connectivity index (χ1n) is 13.4. The van der Waals surface area contributed by atoms with Crippen molar-refractivity contribution in [2.45, 2.75) is 41.8 Å². The molecule has 0 spiro atoms. The molecule has 1 unspecified atom stereocenters. The number of piperidine rings is 1. The van der Waals surface area contributed by atoms with Crippen LogP contribution in [0, 0.1) is 17.8 Å². The van der Waals surface area contributed by atoms with Crippen molar-refractivity contribution in [1.82, 2.24) is 9.47 Å². The number of anilines is 2. The Morgan fingerprint density at radius 2 is 1.90 bits per heavy atom. The van der Waals surface area contributed by atoms with Gasteiger partial charge >= 0.3 is 0 Å². The van der Waals surface area contributed by atoms with E-state index in [-0.39, 0.29) is 23.2 Å². The van der Waals surface area contributed by atoms with Crippen LogP contribution >= 0.6 is 9.24 Å². The molecule has 2 aromatic carbocycles. The number of rotatable bonds is 9. The SMILES string of the molecule is [B]C([B])([B])Oc1cc(S(C)(=O)=O)ccc1NCC#Cc1cc2c(N[C@@H]3CCN(C)C[C@@H]3C)cccc2n1CC(F)(F)P. The van der Waals surface area contributed by atoms with Gasteiger partial charge in [-0.1, -0.05) is 28.2 Å². The molecule has 4 rings (SSSR count). The van der Waals surface area contributed by atoms with Gasteiger partial charge < -0.3 is 24.8 Å². The van der Waals surface area contributed by atoms with E-state index in [4.69, 9.17) is 28.3 Å². The minimum Gasteiger partial charge on any atom is -0.514 e. The second-order valence-corrected chi connectivity index (χ2v) is 13.8. The summed E-state index contributed by atoms with van der Waals surface area (Å²) in [5.41, 5.74) is -0.745. The van der Waals surface area contributed by atoms with Crippen molar-refractivity contribution >= 4 is 64.9 Å². The van der Waals surface area contributed by atoms with Crippen molar-refractivity contribution in [1.29, 1.82) is 0 Å². The predicted octanol–water partition coefficient (Wildman–Crippen LogP) is 3.22. The normalized spacial score (nSPS) is 18.3. The second kappa shape index (κ2) is 12.5. The van der Waals surface area contributed by atoms with Crippen molar-refractivity contribution in [3.63, 3.8) is 0 Å². The van der Waals surface area contributed by atoms with Crippen molar-refractivity contribution in [3.05, 3.63) is 48.2 Å². The zero-order valence-corrected chi connectivity index (χ0v) is 25.8. The molecule has 2 N–H and O–H groups in total. The highest BCUT2D eigenvalue weighted by Gasteiger charge is 2.27. The molecular formula is C28H32B3F2N4O3PS. The van der Waals surface area contributed by atoms with Crippen LogP contribution in [0.1, 0.15) is 19.0 Å². The minimum absolute atomic E-state index is 0.0136. The molecule has 14 heteroatoms. The van der Waals surface area contributed by atoms with Crippen LogP contribution in [-0.4, -0.2) is 91.4 Å². The number of hydrogen-bond donors (Lipinski definition) is 2. The Morgan fingerprint density at radius 3 is 2.55 bits per heavy atom. The van der Waals surface area contributed by atoms with Gasteiger partial charge in [-0.2, -0.15) is 0 Å². The highest BCUT2D eigenvalue weighted by Crippen LogP contribution is 2.33. The summed E-state index contributed by atoms with van der Waals surface area (Å²) < 4.78 is 59.3. The van der Waals surface area contributed by atoms with E-state index < -0.39 is 27.3 Å². The number of halogens is 2. The number of ether oxygens (including phenoxy) is 1. The fraction of sp³-hybridized carbons (Fsp3) is 0.429. The number of nitrogens with one attached hydrogen (secondary N) is 2. The molecule has 1 fully saturated rings. The van der Waals surface area contributed by atoms with Crippen LogP contribution in [0.25, 0.3) is 10.9 Å². The van der Waals surface area contributed by atoms with Crippen LogP contribution < -0.4 is 15.4 Å². The molecule has 2 heterocycles. The van der Waals surface area contributed by atoms with Gasteiger partial charge in [0.15, 0.2) is 9.84 Å². The summed E-state index contributed by atoms with van der Waals surface area (Å²) in [6.07, 6.45) is 2.03. The molecule has 7 nitrogen and oxygen atoms in total. The molecule has 0 aliphatic carbocycles. The van der Waals surface area contributed by atoms with Gasteiger partial charge in [-0.3, -0.25) is 0 Å². The lowest BCUT2D eigenvalue weighted by Gasteiger charge is -2.36. The first-order chi connectivity index (χ1) is 19.5. The number of hydrogen-bond acceptors (Lipinski definition) is 6. The van der Waals surface area contributed by atoms with E-state index in [1.165, 1.54) is 22.8 Å². The Hall–Kier alpha value is -2.67. The average Bonchev–Trinajstić information content (AvgIpc) is 3.19. The van der Waals surface area contributed by atoms with E-state index in [0.29, 0.717) is 22.8 Å². The van der Waals surface area contributed by atoms with Crippen LogP contribution in [0.2, 0.25) is 0 Å². The van der Waals surface area contributed by atoms with E-state index in [1.54, 1.807) is 9.24 Å². The smallest absolute Gasteiger partial charge is 0.276 e. The number of sulfone groups is 1. The van der Waals surface area contributed by atoms with Gasteiger partial charge in [0.1, 0.15) is 29.3 Å². The maximum absolute atomic E-state index is 14.2. The Balaban J connectivity index is 1.62. The van der Waals surface area contributed by atoms with Gasteiger partial charge in [0, 0.05) is 36.0 Å². The number of aromatic nitrogens is 1. The third-order valence-electron chi connectivity index (χ3n) is 7.02. The molecule has 1 saturated heterocycles. The molecule has 0 bridgehead atoms. The molecule has 3 aromatic rings. The summed E-state index contributed by atoms with van der Waals surface area (Å²) >= 11 is 0. The summed E-state index contributed by atoms with van der Waals surface area (Å²) in [6.45, 7) is 3.66. The third kappa shape index (κ3) is 8.46. The highest BCUT2D eigenvalue weighted by molar-refractivity contribution is 7.90. The van der Waals surface area contributed by atoms with E-state index in [2.05, 4.69) is 41.3 Å². The number of benzene rings is 2. The van der Waals surface area contributed by atoms with Gasteiger partial charge in [-0.05, 0) is 67.5 Å². The molecule has 0 amide bonds. The zero-order chi connectivity index (χ0) is 30.9. The largest absolute Gasteiger partial charge is 0.514 e. The lowest BCUT2D eigenvalue weighted by Crippen LogP contribution is -2.43. The van der Waals surface area contributed by atoms with Crippen LogP contribution in [0.5, 0.6) is 5.75 Å².